The van der Waals surface area contributed by atoms with E-state index in [2.05, 4.69) is 9.71 Å². The fourth-order valence-electron chi connectivity index (χ4n) is 4.92. The van der Waals surface area contributed by atoms with Crippen molar-refractivity contribution in [3.63, 3.8) is 0 Å². The Kier molecular flexibility index (Phi) is 7.08. The van der Waals surface area contributed by atoms with Crippen LogP contribution >= 0.6 is 0 Å². The molecule has 2 aromatic carbocycles. The molecule has 2 heterocycles. The van der Waals surface area contributed by atoms with E-state index in [1.807, 2.05) is 37.3 Å². The van der Waals surface area contributed by atoms with Crippen LogP contribution in [0.15, 0.2) is 59.5 Å². The molecule has 10 nitrogen and oxygen atoms in total. The monoisotopic (exact) mass is 538 g/mol. The van der Waals surface area contributed by atoms with Crippen LogP contribution in [-0.4, -0.2) is 54.0 Å². The molecule has 2 fully saturated rings. The summed E-state index contributed by atoms with van der Waals surface area (Å²) in [5, 5.41) is 10.2. The number of hydrogen-bond acceptors (Lipinski definition) is 7. The summed E-state index contributed by atoms with van der Waals surface area (Å²) in [4.78, 5) is 30.8. The molecule has 38 heavy (non-hydrogen) atoms. The molecule has 0 atom stereocenters. The van der Waals surface area contributed by atoms with Crippen molar-refractivity contribution in [2.24, 2.45) is 5.92 Å². The number of carbonyl (C=O) groups is 2. The number of hydrogen-bond donors (Lipinski definition) is 3. The molecule has 2 amide bonds. The van der Waals surface area contributed by atoms with E-state index in [9.17, 15) is 23.2 Å². The van der Waals surface area contributed by atoms with Crippen molar-refractivity contribution in [3.8, 4) is 5.75 Å². The van der Waals surface area contributed by atoms with Crippen molar-refractivity contribution in [1.82, 2.24) is 20.1 Å². The highest BCUT2D eigenvalue weighted by Gasteiger charge is 2.53. The van der Waals surface area contributed by atoms with Gasteiger partial charge in [-0.3, -0.25) is 19.8 Å². The van der Waals surface area contributed by atoms with Gasteiger partial charge in [-0.05, 0) is 62.1 Å². The van der Waals surface area contributed by atoms with Gasteiger partial charge in [0.05, 0.1) is 23.5 Å². The predicted molar refractivity (Wildman–Crippen MR) is 139 cm³/mol. The average molecular weight is 539 g/mol. The number of likely N-dealkylation sites (tertiary alicyclic amines) is 1. The Morgan fingerprint density at radius 3 is 2.50 bits per heavy atom. The van der Waals surface area contributed by atoms with Gasteiger partial charge in [0.15, 0.2) is 0 Å². The first-order valence-corrected chi connectivity index (χ1v) is 14.0. The molecule has 1 aromatic heterocycles. The number of benzene rings is 2. The molecule has 11 heteroatoms. The summed E-state index contributed by atoms with van der Waals surface area (Å²) in [6.45, 7) is 1.89. The van der Waals surface area contributed by atoms with E-state index in [0.717, 1.165) is 41.4 Å². The molecule has 1 saturated heterocycles. The number of hydroxylamine groups is 1. The van der Waals surface area contributed by atoms with Gasteiger partial charge in [-0.25, -0.2) is 13.9 Å². The third kappa shape index (κ3) is 5.22. The molecule has 2 aliphatic rings. The topological polar surface area (TPSA) is 138 Å². The van der Waals surface area contributed by atoms with Gasteiger partial charge < -0.3 is 9.64 Å². The molecule has 1 saturated carbocycles. The number of rotatable bonds is 9. The van der Waals surface area contributed by atoms with E-state index in [4.69, 9.17) is 4.74 Å². The van der Waals surface area contributed by atoms with Crippen molar-refractivity contribution in [1.29, 1.82) is 0 Å². The quantitative estimate of drug-likeness (QED) is 0.281. The van der Waals surface area contributed by atoms with Gasteiger partial charge in [-0.1, -0.05) is 24.6 Å². The zero-order valence-electron chi connectivity index (χ0n) is 21.0. The molecule has 200 valence electrons. The van der Waals surface area contributed by atoms with Crippen molar-refractivity contribution < 1.29 is 28.0 Å². The number of carbonyl (C=O) groups excluding carboxylic acids is 2. The molecule has 0 spiro atoms. The Balaban J connectivity index is 1.25. The minimum Gasteiger partial charge on any atom is -0.489 e. The summed E-state index contributed by atoms with van der Waals surface area (Å²) < 4.78 is 34.6. The summed E-state index contributed by atoms with van der Waals surface area (Å²) in [6.07, 6.45) is 3.51. The molecule has 1 aliphatic carbocycles. The van der Waals surface area contributed by atoms with Crippen molar-refractivity contribution in [3.05, 3.63) is 65.9 Å². The Morgan fingerprint density at radius 1 is 1.13 bits per heavy atom. The maximum atomic E-state index is 13.1. The molecule has 3 N–H and O–H groups in total. The summed E-state index contributed by atoms with van der Waals surface area (Å²) in [5.74, 6) is -0.202. The molecule has 5 rings (SSSR count). The lowest BCUT2D eigenvalue weighted by Crippen LogP contribution is -2.76. The number of nitrogens with one attached hydrogen (secondary N) is 2. The van der Waals surface area contributed by atoms with Crippen molar-refractivity contribution in [2.45, 2.75) is 49.6 Å². The lowest BCUT2D eigenvalue weighted by atomic mass is 9.81. The molecule has 0 radical (unpaired) electrons. The number of ether oxygens (including phenoxy) is 1. The fourth-order valence-corrected chi connectivity index (χ4v) is 6.27. The van der Waals surface area contributed by atoms with E-state index in [1.165, 1.54) is 22.5 Å². The fraction of sp³-hybridized carbons (Fsp3) is 0.370. The van der Waals surface area contributed by atoms with E-state index >= 15 is 0 Å². The molecular weight excluding hydrogens is 508 g/mol. The van der Waals surface area contributed by atoms with Gasteiger partial charge in [-0.15, -0.1) is 0 Å². The van der Waals surface area contributed by atoms with Crippen LogP contribution in [0, 0.1) is 12.8 Å². The Labute approximate surface area is 221 Å². The number of aromatic nitrogens is 1. The zero-order chi connectivity index (χ0) is 26.9. The minimum atomic E-state index is -4.14. The van der Waals surface area contributed by atoms with Crippen LogP contribution in [-0.2, 0) is 26.2 Å². The van der Waals surface area contributed by atoms with Gasteiger partial charge in [-0.2, -0.15) is 4.72 Å². The highest BCUT2D eigenvalue weighted by Crippen LogP contribution is 2.32. The predicted octanol–water partition coefficient (Wildman–Crippen LogP) is 2.68. The Bertz CT molecular complexity index is 1460. The SMILES string of the molecule is Cc1cc(COc2ccc(S(=O)(=O)NC3(C(=O)NO)CN(C(=O)CC4CCC4)C3)cc2)c2ccccc2n1. The first-order valence-electron chi connectivity index (χ1n) is 12.5. The first kappa shape index (κ1) is 26.1. The normalized spacial score (nSPS) is 16.9. The lowest BCUT2D eigenvalue weighted by Gasteiger charge is -2.48. The summed E-state index contributed by atoms with van der Waals surface area (Å²) in [7, 11) is -4.14. The second-order valence-electron chi connectivity index (χ2n) is 10.1. The third-order valence-electron chi connectivity index (χ3n) is 7.29. The maximum Gasteiger partial charge on any atom is 0.268 e. The largest absolute Gasteiger partial charge is 0.489 e. The number of nitrogens with zero attached hydrogens (tertiary/aromatic N) is 2. The minimum absolute atomic E-state index is 0.0700. The summed E-state index contributed by atoms with van der Waals surface area (Å²) in [6, 6.07) is 15.6. The van der Waals surface area contributed by atoms with Crippen LogP contribution in [0.25, 0.3) is 10.9 Å². The second-order valence-corrected chi connectivity index (χ2v) is 11.8. The van der Waals surface area contributed by atoms with Crippen LogP contribution in [0.5, 0.6) is 5.75 Å². The standard InChI is InChI=1S/C27H30N4O6S/c1-18-13-20(23-7-2-3-8-24(23)28-18)15-37-21-9-11-22(12-10-21)38(35,36)30-27(26(33)29-34)16-31(17-27)25(32)14-19-5-4-6-19/h2-3,7-13,19,30,34H,4-6,14-17H2,1H3,(H,29,33). The second kappa shape index (κ2) is 10.3. The summed E-state index contributed by atoms with van der Waals surface area (Å²) >= 11 is 0. The smallest absolute Gasteiger partial charge is 0.268 e. The van der Waals surface area contributed by atoms with Gasteiger partial charge in [0.1, 0.15) is 17.9 Å². The highest BCUT2D eigenvalue weighted by atomic mass is 32.2. The molecule has 1 aliphatic heterocycles. The number of amides is 2. The molecular formula is C27H30N4O6S. The van der Waals surface area contributed by atoms with E-state index < -0.39 is 21.5 Å². The average Bonchev–Trinajstić information content (AvgIpc) is 2.86. The zero-order valence-corrected chi connectivity index (χ0v) is 21.8. The Hall–Kier alpha value is -3.54. The first-order chi connectivity index (χ1) is 18.2. The van der Waals surface area contributed by atoms with Crippen molar-refractivity contribution in [2.75, 3.05) is 13.1 Å². The summed E-state index contributed by atoms with van der Waals surface area (Å²) in [5.41, 5.74) is 2.60. The van der Waals surface area contributed by atoms with Crippen LogP contribution < -0.4 is 14.9 Å². The highest BCUT2D eigenvalue weighted by molar-refractivity contribution is 7.89. The number of para-hydroxylation sites is 1. The van der Waals surface area contributed by atoms with Gasteiger partial charge >= 0.3 is 0 Å². The van der Waals surface area contributed by atoms with Crippen LogP contribution in [0.4, 0.5) is 0 Å². The maximum absolute atomic E-state index is 13.1. The molecule has 0 bridgehead atoms. The molecule has 3 aromatic rings. The van der Waals surface area contributed by atoms with Gasteiger partial charge in [0.2, 0.25) is 15.9 Å². The van der Waals surface area contributed by atoms with E-state index in [0.29, 0.717) is 18.1 Å². The van der Waals surface area contributed by atoms with Crippen LogP contribution in [0.3, 0.4) is 0 Å². The number of aryl methyl sites for hydroxylation is 1. The van der Waals surface area contributed by atoms with Gasteiger partial charge in [0, 0.05) is 23.1 Å². The van der Waals surface area contributed by atoms with Gasteiger partial charge in [0.25, 0.3) is 5.91 Å². The third-order valence-corrected chi connectivity index (χ3v) is 8.84. The van der Waals surface area contributed by atoms with Crippen LogP contribution in [0.1, 0.15) is 36.9 Å². The molecule has 0 unspecified atom stereocenters. The lowest BCUT2D eigenvalue weighted by molar-refractivity contribution is -0.151. The van der Waals surface area contributed by atoms with E-state index in [1.54, 1.807) is 12.1 Å². The number of sulfonamides is 1. The van der Waals surface area contributed by atoms with E-state index in [-0.39, 0.29) is 30.5 Å². The Morgan fingerprint density at radius 2 is 1.84 bits per heavy atom. The van der Waals surface area contributed by atoms with Crippen molar-refractivity contribution >= 4 is 32.7 Å². The number of fused-ring (bicyclic) bond motifs is 1. The van der Waals surface area contributed by atoms with Crippen LogP contribution in [0.2, 0.25) is 0 Å². The number of pyridine rings is 1.